The molecule has 1 aromatic heterocycles. The van der Waals surface area contributed by atoms with Crippen LogP contribution in [0.2, 0.25) is 0 Å². The van der Waals surface area contributed by atoms with Crippen LogP contribution in [0.4, 0.5) is 0 Å². The lowest BCUT2D eigenvalue weighted by Gasteiger charge is -2.15. The van der Waals surface area contributed by atoms with Crippen LogP contribution in [0.3, 0.4) is 0 Å². The molecule has 0 aliphatic heterocycles. The Kier molecular flexibility index (Phi) is 2.94. The van der Waals surface area contributed by atoms with Crippen LogP contribution in [-0.2, 0) is 16.0 Å². The summed E-state index contributed by atoms with van der Waals surface area (Å²) in [5.41, 5.74) is 2.00. The Balaban J connectivity index is 2.28. The van der Waals surface area contributed by atoms with Gasteiger partial charge < -0.3 is 4.74 Å². The standard InChI is InChI=1S/C11H14N2O2/c1-8(14)15-10-5-3-2-4-9-6-12-7-13-11(9)10/h6-7,10H,2-5H2,1H3. The van der Waals surface area contributed by atoms with Gasteiger partial charge in [0, 0.05) is 13.1 Å². The smallest absolute Gasteiger partial charge is 0.303 e. The molecule has 0 saturated heterocycles. The summed E-state index contributed by atoms with van der Waals surface area (Å²) in [5.74, 6) is -0.244. The van der Waals surface area contributed by atoms with Gasteiger partial charge in [0.15, 0.2) is 0 Å². The number of hydrogen-bond donors (Lipinski definition) is 0. The van der Waals surface area contributed by atoms with Gasteiger partial charge in [0.1, 0.15) is 12.4 Å². The van der Waals surface area contributed by atoms with Crippen LogP contribution in [0.1, 0.15) is 43.5 Å². The highest BCUT2D eigenvalue weighted by molar-refractivity contribution is 5.66. The molecular formula is C11H14N2O2. The second-order valence-corrected chi connectivity index (χ2v) is 3.78. The molecular weight excluding hydrogens is 192 g/mol. The molecule has 0 N–H and O–H groups in total. The highest BCUT2D eigenvalue weighted by atomic mass is 16.5. The van der Waals surface area contributed by atoms with E-state index >= 15 is 0 Å². The Morgan fingerprint density at radius 3 is 3.20 bits per heavy atom. The van der Waals surface area contributed by atoms with Gasteiger partial charge in [-0.3, -0.25) is 4.79 Å². The summed E-state index contributed by atoms with van der Waals surface area (Å²) >= 11 is 0. The molecule has 4 nitrogen and oxygen atoms in total. The lowest BCUT2D eigenvalue weighted by molar-refractivity contribution is -0.147. The van der Waals surface area contributed by atoms with E-state index in [1.807, 2.05) is 6.20 Å². The van der Waals surface area contributed by atoms with Gasteiger partial charge in [-0.2, -0.15) is 0 Å². The molecule has 15 heavy (non-hydrogen) atoms. The molecule has 1 aliphatic carbocycles. The molecule has 80 valence electrons. The van der Waals surface area contributed by atoms with Crippen molar-refractivity contribution >= 4 is 5.97 Å². The molecule has 1 atom stereocenters. The molecule has 0 fully saturated rings. The molecule has 1 unspecified atom stereocenters. The summed E-state index contributed by atoms with van der Waals surface area (Å²) in [5, 5.41) is 0. The van der Waals surface area contributed by atoms with Gasteiger partial charge in [-0.1, -0.05) is 0 Å². The molecule has 2 rings (SSSR count). The first-order valence-electron chi connectivity index (χ1n) is 5.23. The van der Waals surface area contributed by atoms with E-state index in [2.05, 4.69) is 9.97 Å². The van der Waals surface area contributed by atoms with Crippen molar-refractivity contribution in [3.8, 4) is 0 Å². The summed E-state index contributed by atoms with van der Waals surface area (Å²) in [6.07, 6.45) is 7.18. The van der Waals surface area contributed by atoms with Gasteiger partial charge in [0.25, 0.3) is 0 Å². The maximum atomic E-state index is 11.0. The first kappa shape index (κ1) is 10.1. The Bertz CT molecular complexity index is 365. The summed E-state index contributed by atoms with van der Waals surface area (Å²) < 4.78 is 5.27. The Morgan fingerprint density at radius 1 is 1.53 bits per heavy atom. The largest absolute Gasteiger partial charge is 0.456 e. The highest BCUT2D eigenvalue weighted by Gasteiger charge is 2.22. The first-order chi connectivity index (χ1) is 7.27. The Morgan fingerprint density at radius 2 is 2.40 bits per heavy atom. The van der Waals surface area contributed by atoms with Crippen molar-refractivity contribution in [3.63, 3.8) is 0 Å². The third-order valence-corrected chi connectivity index (χ3v) is 2.60. The van der Waals surface area contributed by atoms with Gasteiger partial charge in [-0.05, 0) is 31.2 Å². The van der Waals surface area contributed by atoms with E-state index in [9.17, 15) is 4.79 Å². The van der Waals surface area contributed by atoms with Crippen molar-refractivity contribution in [1.82, 2.24) is 9.97 Å². The number of rotatable bonds is 1. The Labute approximate surface area is 88.7 Å². The summed E-state index contributed by atoms with van der Waals surface area (Å²) in [6.45, 7) is 1.44. The second kappa shape index (κ2) is 4.38. The molecule has 0 bridgehead atoms. The normalized spacial score (nSPS) is 20.2. The Hall–Kier alpha value is -1.45. The number of fused-ring (bicyclic) bond motifs is 1. The molecule has 1 aromatic rings. The van der Waals surface area contributed by atoms with Crippen molar-refractivity contribution in [2.75, 3.05) is 0 Å². The average Bonchev–Trinajstić information content (AvgIpc) is 2.41. The maximum Gasteiger partial charge on any atom is 0.303 e. The van der Waals surface area contributed by atoms with Crippen molar-refractivity contribution < 1.29 is 9.53 Å². The van der Waals surface area contributed by atoms with Crippen molar-refractivity contribution in [1.29, 1.82) is 0 Å². The zero-order valence-electron chi connectivity index (χ0n) is 8.77. The molecule has 0 saturated carbocycles. The molecule has 1 aliphatic rings. The quantitative estimate of drug-likeness (QED) is 0.519. The van der Waals surface area contributed by atoms with E-state index in [4.69, 9.17) is 4.74 Å². The molecule has 0 amide bonds. The van der Waals surface area contributed by atoms with Crippen molar-refractivity contribution in [2.24, 2.45) is 0 Å². The molecule has 0 aromatic carbocycles. The van der Waals surface area contributed by atoms with Crippen LogP contribution < -0.4 is 0 Å². The van der Waals surface area contributed by atoms with Gasteiger partial charge in [-0.25, -0.2) is 9.97 Å². The predicted molar refractivity (Wildman–Crippen MR) is 54.1 cm³/mol. The SMILES string of the molecule is CC(=O)OC1CCCCc2cncnc21. The number of aromatic nitrogens is 2. The number of aryl methyl sites for hydroxylation is 1. The first-order valence-corrected chi connectivity index (χ1v) is 5.23. The number of hydrogen-bond acceptors (Lipinski definition) is 4. The van der Waals surface area contributed by atoms with Crippen molar-refractivity contribution in [2.45, 2.75) is 38.7 Å². The van der Waals surface area contributed by atoms with E-state index in [0.29, 0.717) is 0 Å². The van der Waals surface area contributed by atoms with E-state index in [0.717, 1.165) is 36.9 Å². The zero-order chi connectivity index (χ0) is 10.7. The van der Waals surface area contributed by atoms with E-state index in [-0.39, 0.29) is 12.1 Å². The van der Waals surface area contributed by atoms with E-state index < -0.39 is 0 Å². The minimum absolute atomic E-state index is 0.178. The van der Waals surface area contributed by atoms with Gasteiger partial charge in [0.05, 0.1) is 5.69 Å². The third kappa shape index (κ3) is 2.32. The fourth-order valence-electron chi connectivity index (χ4n) is 1.95. The van der Waals surface area contributed by atoms with Gasteiger partial charge >= 0.3 is 5.97 Å². The fourth-order valence-corrected chi connectivity index (χ4v) is 1.95. The molecule has 0 radical (unpaired) electrons. The topological polar surface area (TPSA) is 52.1 Å². The predicted octanol–water partition coefficient (Wildman–Crippen LogP) is 1.81. The highest BCUT2D eigenvalue weighted by Crippen LogP contribution is 2.29. The zero-order valence-corrected chi connectivity index (χ0v) is 8.77. The van der Waals surface area contributed by atoms with Crippen LogP contribution in [0, 0.1) is 0 Å². The van der Waals surface area contributed by atoms with E-state index in [1.54, 1.807) is 0 Å². The number of carbonyl (C=O) groups is 1. The van der Waals surface area contributed by atoms with Crippen LogP contribution >= 0.6 is 0 Å². The van der Waals surface area contributed by atoms with Crippen LogP contribution in [0.5, 0.6) is 0 Å². The van der Waals surface area contributed by atoms with Gasteiger partial charge in [0.2, 0.25) is 0 Å². The minimum Gasteiger partial charge on any atom is -0.456 e. The summed E-state index contributed by atoms with van der Waals surface area (Å²) in [7, 11) is 0. The number of esters is 1. The second-order valence-electron chi connectivity index (χ2n) is 3.78. The van der Waals surface area contributed by atoms with E-state index in [1.165, 1.54) is 13.3 Å². The lowest BCUT2D eigenvalue weighted by atomic mass is 10.1. The van der Waals surface area contributed by atoms with Crippen molar-refractivity contribution in [3.05, 3.63) is 23.8 Å². The molecule has 0 spiro atoms. The summed E-state index contributed by atoms with van der Waals surface area (Å²) in [4.78, 5) is 19.2. The van der Waals surface area contributed by atoms with Gasteiger partial charge in [-0.15, -0.1) is 0 Å². The fraction of sp³-hybridized carbons (Fsp3) is 0.545. The average molecular weight is 206 g/mol. The monoisotopic (exact) mass is 206 g/mol. The third-order valence-electron chi connectivity index (χ3n) is 2.60. The lowest BCUT2D eigenvalue weighted by Crippen LogP contribution is -2.11. The van der Waals surface area contributed by atoms with Crippen LogP contribution in [0.25, 0.3) is 0 Å². The number of ether oxygens (including phenoxy) is 1. The maximum absolute atomic E-state index is 11.0. The number of nitrogens with zero attached hydrogens (tertiary/aromatic N) is 2. The molecule has 1 heterocycles. The minimum atomic E-state index is -0.244. The molecule has 4 heteroatoms. The number of carbonyl (C=O) groups excluding carboxylic acids is 1. The van der Waals surface area contributed by atoms with Crippen LogP contribution in [0.15, 0.2) is 12.5 Å². The van der Waals surface area contributed by atoms with Crippen LogP contribution in [-0.4, -0.2) is 15.9 Å². The summed E-state index contributed by atoms with van der Waals surface area (Å²) in [6, 6.07) is 0.